The summed E-state index contributed by atoms with van der Waals surface area (Å²) in [5.74, 6) is 0. The molecule has 6 heteroatoms. The minimum absolute atomic E-state index is 0. The van der Waals surface area contributed by atoms with Crippen molar-refractivity contribution in [3.8, 4) is 0 Å². The fourth-order valence-electron chi connectivity index (χ4n) is 3.96. The normalized spacial score (nSPS) is 11.5. The molecule has 0 aliphatic carbocycles. The van der Waals surface area contributed by atoms with Crippen LogP contribution in [0, 0.1) is 0 Å². The zero-order valence-corrected chi connectivity index (χ0v) is 20.9. The molecule has 5 aromatic rings. The maximum atomic E-state index is 4.62. The van der Waals surface area contributed by atoms with Crippen LogP contribution in [0.3, 0.4) is 0 Å². The van der Waals surface area contributed by atoms with Gasteiger partial charge in [-0.05, 0) is 85.0 Å². The molecule has 35 heavy (non-hydrogen) atoms. The van der Waals surface area contributed by atoms with Gasteiger partial charge in [0.2, 0.25) is 0 Å². The van der Waals surface area contributed by atoms with Crippen LogP contribution in [-0.2, 0) is 21.1 Å². The molecule has 2 aliphatic rings. The van der Waals surface area contributed by atoms with Crippen molar-refractivity contribution in [3.63, 3.8) is 0 Å². The summed E-state index contributed by atoms with van der Waals surface area (Å²) in [7, 11) is 0. The Morgan fingerprint density at radius 2 is 0.971 bits per heavy atom. The monoisotopic (exact) mass is 634 g/mol. The van der Waals surface area contributed by atoms with Gasteiger partial charge >= 0.3 is 0 Å². The fraction of sp³-hybridized carbons (Fsp3) is 0. The molecule has 6 heterocycles. The van der Waals surface area contributed by atoms with Gasteiger partial charge in [0.1, 0.15) is 0 Å². The van der Waals surface area contributed by atoms with Crippen LogP contribution in [0.25, 0.3) is 57.3 Å². The first-order chi connectivity index (χ1) is 16.8. The van der Waals surface area contributed by atoms with Crippen molar-refractivity contribution >= 4 is 57.3 Å². The topological polar surface area (TPSA) is 70.2 Å². The van der Waals surface area contributed by atoms with Crippen LogP contribution in [0.5, 0.6) is 0 Å². The number of H-pyrrole nitrogens is 2. The number of aromatic amines is 2. The summed E-state index contributed by atoms with van der Waals surface area (Å²) in [5.41, 5.74) is 8.92. The van der Waals surface area contributed by atoms with Gasteiger partial charge in [0.25, 0.3) is 0 Å². The number of benzene rings is 1. The summed E-state index contributed by atoms with van der Waals surface area (Å²) in [4.78, 5) is 20.2. The predicted octanol–water partition coefficient (Wildman–Crippen LogP) is 6.89. The standard InChI is InChI=1S/C20H14N4.C9H7N.Pt/c1-2-14-10-16-5-6-18(23-16)12-20-8-7-19(24-20)11-17-4-3-15(22-17)9-13(1)21-14;1-2-6-9-8(4-1)5-3-7-10-9;/h1-12,21-22H;1-7H;. The first-order valence-electron chi connectivity index (χ1n) is 11.1. The average molecular weight is 635 g/mol. The predicted molar refractivity (Wildman–Crippen MR) is 141 cm³/mol. The third-order valence-corrected chi connectivity index (χ3v) is 5.55. The van der Waals surface area contributed by atoms with Gasteiger partial charge in [-0.3, -0.25) is 4.98 Å². The number of pyridine rings is 1. The van der Waals surface area contributed by atoms with Crippen molar-refractivity contribution in [1.82, 2.24) is 24.9 Å². The molecule has 4 aromatic heterocycles. The van der Waals surface area contributed by atoms with Crippen molar-refractivity contribution in [1.29, 1.82) is 0 Å². The molecule has 0 amide bonds. The summed E-state index contributed by atoms with van der Waals surface area (Å²) in [6.07, 6.45) is 9.86. The van der Waals surface area contributed by atoms with E-state index >= 15 is 0 Å². The van der Waals surface area contributed by atoms with E-state index < -0.39 is 0 Å². The molecule has 0 saturated carbocycles. The Bertz CT molecular complexity index is 1570. The number of aromatic nitrogens is 5. The minimum Gasteiger partial charge on any atom is -0.355 e. The van der Waals surface area contributed by atoms with E-state index in [4.69, 9.17) is 0 Å². The summed E-state index contributed by atoms with van der Waals surface area (Å²) < 4.78 is 0. The number of rotatable bonds is 0. The van der Waals surface area contributed by atoms with Crippen LogP contribution in [0.15, 0.2) is 91.1 Å². The van der Waals surface area contributed by atoms with E-state index in [1.165, 1.54) is 5.39 Å². The molecular formula is C29H21N5Pt. The van der Waals surface area contributed by atoms with Gasteiger partial charge in [-0.1, -0.05) is 24.3 Å². The Balaban J connectivity index is 0.000000194. The van der Waals surface area contributed by atoms with E-state index in [1.807, 2.05) is 73.0 Å². The van der Waals surface area contributed by atoms with Crippen molar-refractivity contribution in [2.45, 2.75) is 0 Å². The molecule has 2 aliphatic heterocycles. The van der Waals surface area contributed by atoms with E-state index in [0.717, 1.165) is 50.4 Å². The maximum absolute atomic E-state index is 4.62. The molecular weight excluding hydrogens is 613 g/mol. The van der Waals surface area contributed by atoms with E-state index in [1.54, 1.807) is 0 Å². The van der Waals surface area contributed by atoms with E-state index in [2.05, 4.69) is 67.4 Å². The number of fused-ring (bicyclic) bond motifs is 9. The number of hydrogen-bond acceptors (Lipinski definition) is 3. The van der Waals surface area contributed by atoms with Gasteiger partial charge in [0, 0.05) is 54.7 Å². The third kappa shape index (κ3) is 5.37. The summed E-state index contributed by atoms with van der Waals surface area (Å²) in [5, 5.41) is 1.20. The van der Waals surface area contributed by atoms with E-state index in [9.17, 15) is 0 Å². The quantitative estimate of drug-likeness (QED) is 0.191. The van der Waals surface area contributed by atoms with Crippen LogP contribution in [0.4, 0.5) is 0 Å². The van der Waals surface area contributed by atoms with Crippen LogP contribution >= 0.6 is 0 Å². The SMILES string of the molecule is C1=Cc2cc3ccc(cc4ccc(cc5nc(cc1n2)C=C5)[nH]4)[nH]3.[Pt].c1ccc2ncccc2c1. The van der Waals surface area contributed by atoms with Crippen LogP contribution in [0.1, 0.15) is 22.8 Å². The van der Waals surface area contributed by atoms with Gasteiger partial charge in [0.15, 0.2) is 0 Å². The summed E-state index contributed by atoms with van der Waals surface area (Å²) in [6, 6.07) is 28.5. The van der Waals surface area contributed by atoms with Crippen LogP contribution in [-0.4, -0.2) is 24.9 Å². The number of nitrogens with zero attached hydrogens (tertiary/aromatic N) is 3. The van der Waals surface area contributed by atoms with Gasteiger partial charge < -0.3 is 9.97 Å². The smallest absolute Gasteiger partial charge is 0.0701 e. The number of para-hydroxylation sites is 1. The molecule has 0 fully saturated rings. The molecule has 0 atom stereocenters. The van der Waals surface area contributed by atoms with Gasteiger partial charge in [-0.25, -0.2) is 9.97 Å². The number of nitrogens with one attached hydrogen (secondary N) is 2. The molecule has 2 N–H and O–H groups in total. The first kappa shape index (κ1) is 22.7. The second-order valence-electron chi connectivity index (χ2n) is 8.10. The second kappa shape index (κ2) is 10.0. The molecule has 172 valence electrons. The van der Waals surface area contributed by atoms with Crippen molar-refractivity contribution < 1.29 is 21.1 Å². The van der Waals surface area contributed by atoms with Crippen molar-refractivity contribution in [2.75, 3.05) is 0 Å². The molecule has 0 spiro atoms. The molecule has 5 nitrogen and oxygen atoms in total. The van der Waals surface area contributed by atoms with Gasteiger partial charge in [-0.2, -0.15) is 0 Å². The van der Waals surface area contributed by atoms with E-state index in [0.29, 0.717) is 0 Å². The zero-order valence-electron chi connectivity index (χ0n) is 18.6. The molecule has 7 rings (SSSR count). The van der Waals surface area contributed by atoms with Crippen molar-refractivity contribution in [3.05, 3.63) is 114 Å². The van der Waals surface area contributed by atoms with Gasteiger partial charge in [-0.15, -0.1) is 0 Å². The van der Waals surface area contributed by atoms with Crippen molar-refractivity contribution in [2.24, 2.45) is 0 Å². The minimum atomic E-state index is 0. The molecule has 0 unspecified atom stereocenters. The second-order valence-corrected chi connectivity index (χ2v) is 8.10. The molecule has 1 aromatic carbocycles. The summed E-state index contributed by atoms with van der Waals surface area (Å²) in [6.45, 7) is 0. The van der Waals surface area contributed by atoms with Crippen LogP contribution in [0.2, 0.25) is 0 Å². The van der Waals surface area contributed by atoms with Crippen LogP contribution < -0.4 is 0 Å². The Morgan fingerprint density at radius 3 is 1.54 bits per heavy atom. The Hall–Kier alpha value is -4.08. The summed E-state index contributed by atoms with van der Waals surface area (Å²) >= 11 is 0. The largest absolute Gasteiger partial charge is 0.355 e. The average Bonchev–Trinajstić information content (AvgIpc) is 3.66. The number of hydrogen-bond donors (Lipinski definition) is 2. The van der Waals surface area contributed by atoms with Gasteiger partial charge in [0.05, 0.1) is 28.3 Å². The van der Waals surface area contributed by atoms with E-state index in [-0.39, 0.29) is 21.1 Å². The Labute approximate surface area is 216 Å². The zero-order chi connectivity index (χ0) is 22.7. The Morgan fingerprint density at radius 1 is 0.486 bits per heavy atom. The third-order valence-electron chi connectivity index (χ3n) is 5.55. The Kier molecular flexibility index (Phi) is 6.51. The molecule has 8 bridgehead atoms. The first-order valence-corrected chi connectivity index (χ1v) is 11.1. The maximum Gasteiger partial charge on any atom is 0.0701 e. The molecule has 0 saturated heterocycles. The molecule has 0 radical (unpaired) electrons. The fourth-order valence-corrected chi connectivity index (χ4v) is 3.96.